The lowest BCUT2D eigenvalue weighted by atomic mass is 10.1. The number of aliphatic imine (C=N–C) groups is 1. The third-order valence-electron chi connectivity index (χ3n) is 5.45. The lowest BCUT2D eigenvalue weighted by Gasteiger charge is -2.29. The van der Waals surface area contributed by atoms with Gasteiger partial charge in [-0.1, -0.05) is 12.5 Å². The maximum Gasteiger partial charge on any atom is 0.193 e. The molecule has 1 unspecified atom stereocenters. The minimum Gasteiger partial charge on any atom is -0.356 e. The molecule has 2 aliphatic rings. The Morgan fingerprint density at radius 1 is 1.19 bits per heavy atom. The number of hydrogen-bond donors (Lipinski definition) is 1. The van der Waals surface area contributed by atoms with Crippen LogP contribution in [0.4, 0.5) is 8.78 Å². The second kappa shape index (κ2) is 11.1. The first-order valence-corrected chi connectivity index (χ1v) is 9.77. The van der Waals surface area contributed by atoms with Gasteiger partial charge in [0, 0.05) is 39.3 Å². The molecular weight excluding hydrogens is 461 g/mol. The Labute approximate surface area is 178 Å². The highest BCUT2D eigenvalue weighted by atomic mass is 127. The van der Waals surface area contributed by atoms with Crippen molar-refractivity contribution in [2.45, 2.75) is 32.1 Å². The highest BCUT2D eigenvalue weighted by Gasteiger charge is 2.26. The van der Waals surface area contributed by atoms with Crippen LogP contribution in [0.2, 0.25) is 0 Å². The summed E-state index contributed by atoms with van der Waals surface area (Å²) in [6, 6.07) is 3.76. The Bertz CT molecular complexity index is 620. The predicted molar refractivity (Wildman–Crippen MR) is 117 cm³/mol. The van der Waals surface area contributed by atoms with E-state index in [9.17, 15) is 8.78 Å². The fourth-order valence-corrected chi connectivity index (χ4v) is 4.05. The molecule has 4 nitrogen and oxygen atoms in total. The van der Waals surface area contributed by atoms with E-state index in [-0.39, 0.29) is 24.0 Å². The fourth-order valence-electron chi connectivity index (χ4n) is 4.05. The van der Waals surface area contributed by atoms with E-state index in [1.807, 2.05) is 0 Å². The molecule has 1 aromatic rings. The van der Waals surface area contributed by atoms with Crippen LogP contribution in [-0.4, -0.2) is 62.1 Å². The monoisotopic (exact) mass is 492 g/mol. The SMILES string of the molecule is CN=C(NCCc1ccc(F)cc1F)N1CCC(CN2CCCCC2)C1.I. The molecule has 0 aliphatic carbocycles. The molecule has 27 heavy (non-hydrogen) atoms. The minimum absolute atomic E-state index is 0. The van der Waals surface area contributed by atoms with Gasteiger partial charge in [0.1, 0.15) is 11.6 Å². The maximum atomic E-state index is 13.7. The van der Waals surface area contributed by atoms with Crippen LogP contribution < -0.4 is 5.32 Å². The molecule has 1 N–H and O–H groups in total. The first-order chi connectivity index (χ1) is 12.7. The zero-order valence-corrected chi connectivity index (χ0v) is 18.4. The second-order valence-corrected chi connectivity index (χ2v) is 7.42. The largest absolute Gasteiger partial charge is 0.356 e. The summed E-state index contributed by atoms with van der Waals surface area (Å²) < 4.78 is 26.7. The van der Waals surface area contributed by atoms with Gasteiger partial charge >= 0.3 is 0 Å². The van der Waals surface area contributed by atoms with Gasteiger partial charge in [0.2, 0.25) is 0 Å². The van der Waals surface area contributed by atoms with Gasteiger partial charge in [-0.2, -0.15) is 0 Å². The number of nitrogens with zero attached hydrogens (tertiary/aromatic N) is 3. The number of nitrogens with one attached hydrogen (secondary N) is 1. The first-order valence-electron chi connectivity index (χ1n) is 9.77. The molecule has 7 heteroatoms. The number of rotatable bonds is 5. The smallest absolute Gasteiger partial charge is 0.193 e. The van der Waals surface area contributed by atoms with Gasteiger partial charge < -0.3 is 15.1 Å². The molecular formula is C20H31F2IN4. The summed E-state index contributed by atoms with van der Waals surface area (Å²) in [5.41, 5.74) is 0.527. The Morgan fingerprint density at radius 3 is 2.67 bits per heavy atom. The normalized spacial score (nSPS) is 21.2. The first kappa shape index (κ1) is 22.3. The zero-order chi connectivity index (χ0) is 18.4. The number of piperidine rings is 1. The number of benzene rings is 1. The van der Waals surface area contributed by atoms with E-state index in [0.717, 1.165) is 25.1 Å². The van der Waals surface area contributed by atoms with Crippen molar-refractivity contribution in [3.05, 3.63) is 35.4 Å². The van der Waals surface area contributed by atoms with Gasteiger partial charge in [-0.05, 0) is 56.3 Å². The van der Waals surface area contributed by atoms with Crippen LogP contribution in [0.15, 0.2) is 23.2 Å². The summed E-state index contributed by atoms with van der Waals surface area (Å²) in [7, 11) is 1.79. The van der Waals surface area contributed by atoms with Crippen LogP contribution in [0.25, 0.3) is 0 Å². The summed E-state index contributed by atoms with van der Waals surface area (Å²) in [5.74, 6) is 0.561. The zero-order valence-electron chi connectivity index (χ0n) is 16.1. The van der Waals surface area contributed by atoms with E-state index in [4.69, 9.17) is 0 Å². The number of halogens is 3. The summed E-state index contributed by atoms with van der Waals surface area (Å²) in [5, 5.41) is 3.33. The van der Waals surface area contributed by atoms with Crippen molar-refractivity contribution in [1.82, 2.24) is 15.1 Å². The molecule has 0 aromatic heterocycles. The van der Waals surface area contributed by atoms with Crippen molar-refractivity contribution in [3.8, 4) is 0 Å². The molecule has 152 valence electrons. The van der Waals surface area contributed by atoms with Gasteiger partial charge in [0.05, 0.1) is 0 Å². The van der Waals surface area contributed by atoms with E-state index in [2.05, 4.69) is 20.1 Å². The predicted octanol–water partition coefficient (Wildman–Crippen LogP) is 3.51. The van der Waals surface area contributed by atoms with Crippen molar-refractivity contribution in [2.75, 3.05) is 46.3 Å². The minimum atomic E-state index is -0.535. The van der Waals surface area contributed by atoms with Crippen LogP contribution in [0.1, 0.15) is 31.2 Å². The Kier molecular flexibility index (Phi) is 9.21. The molecule has 0 radical (unpaired) electrons. The van der Waals surface area contributed by atoms with Gasteiger partial charge in [0.15, 0.2) is 5.96 Å². The molecule has 2 saturated heterocycles. The van der Waals surface area contributed by atoms with Crippen molar-refractivity contribution in [1.29, 1.82) is 0 Å². The third-order valence-corrected chi connectivity index (χ3v) is 5.45. The Balaban J connectivity index is 0.00000261. The molecule has 1 atom stereocenters. The van der Waals surface area contributed by atoms with E-state index in [1.165, 1.54) is 57.5 Å². The van der Waals surface area contributed by atoms with Crippen LogP contribution in [0.5, 0.6) is 0 Å². The van der Waals surface area contributed by atoms with Crippen molar-refractivity contribution in [3.63, 3.8) is 0 Å². The second-order valence-electron chi connectivity index (χ2n) is 7.42. The Hall–Kier alpha value is -0.960. The molecule has 0 amide bonds. The summed E-state index contributed by atoms with van der Waals surface area (Å²) in [6.45, 7) is 6.31. The average Bonchev–Trinajstić information content (AvgIpc) is 3.09. The lowest BCUT2D eigenvalue weighted by molar-refractivity contribution is 0.198. The average molecular weight is 492 g/mol. The summed E-state index contributed by atoms with van der Waals surface area (Å²) in [4.78, 5) is 9.29. The molecule has 0 spiro atoms. The molecule has 2 heterocycles. The van der Waals surface area contributed by atoms with E-state index >= 15 is 0 Å². The van der Waals surface area contributed by atoms with Crippen LogP contribution in [-0.2, 0) is 6.42 Å². The lowest BCUT2D eigenvalue weighted by Crippen LogP contribution is -2.42. The molecule has 2 fully saturated rings. The molecule has 0 saturated carbocycles. The Morgan fingerprint density at radius 2 is 1.96 bits per heavy atom. The third kappa shape index (κ3) is 6.55. The van der Waals surface area contributed by atoms with Gasteiger partial charge in [-0.25, -0.2) is 8.78 Å². The van der Waals surface area contributed by atoms with Crippen LogP contribution in [0.3, 0.4) is 0 Å². The van der Waals surface area contributed by atoms with Crippen molar-refractivity contribution in [2.24, 2.45) is 10.9 Å². The molecule has 1 aromatic carbocycles. The number of guanidine groups is 1. The van der Waals surface area contributed by atoms with E-state index < -0.39 is 11.6 Å². The summed E-state index contributed by atoms with van der Waals surface area (Å²) >= 11 is 0. The topological polar surface area (TPSA) is 30.9 Å². The molecule has 2 aliphatic heterocycles. The van der Waals surface area contributed by atoms with E-state index in [1.54, 1.807) is 7.05 Å². The maximum absolute atomic E-state index is 13.7. The van der Waals surface area contributed by atoms with Crippen LogP contribution >= 0.6 is 24.0 Å². The number of likely N-dealkylation sites (tertiary alicyclic amines) is 2. The van der Waals surface area contributed by atoms with Crippen molar-refractivity contribution >= 4 is 29.9 Å². The highest BCUT2D eigenvalue weighted by molar-refractivity contribution is 14.0. The number of hydrogen-bond acceptors (Lipinski definition) is 2. The standard InChI is InChI=1S/C20H30F2N4.HI/c1-23-20(24-9-7-17-5-6-18(21)13-19(17)22)26-12-8-16(15-26)14-25-10-3-2-4-11-25;/h5-6,13,16H,2-4,7-12,14-15H2,1H3,(H,23,24);1H. The van der Waals surface area contributed by atoms with Gasteiger partial charge in [-0.3, -0.25) is 4.99 Å². The van der Waals surface area contributed by atoms with E-state index in [0.29, 0.717) is 24.4 Å². The molecule has 0 bridgehead atoms. The van der Waals surface area contributed by atoms with Crippen LogP contribution in [0, 0.1) is 17.6 Å². The van der Waals surface area contributed by atoms with Gasteiger partial charge in [-0.15, -0.1) is 24.0 Å². The summed E-state index contributed by atoms with van der Waals surface area (Å²) in [6.07, 6.45) is 5.75. The van der Waals surface area contributed by atoms with Crippen molar-refractivity contribution < 1.29 is 8.78 Å². The quantitative estimate of drug-likeness (QED) is 0.388. The van der Waals surface area contributed by atoms with Gasteiger partial charge in [0.25, 0.3) is 0 Å². The highest BCUT2D eigenvalue weighted by Crippen LogP contribution is 2.20. The fraction of sp³-hybridized carbons (Fsp3) is 0.650. The molecule has 3 rings (SSSR count).